The predicted octanol–water partition coefficient (Wildman–Crippen LogP) is 4.20. The van der Waals surface area contributed by atoms with Gasteiger partial charge >= 0.3 is 0 Å². The number of ether oxygens (including phenoxy) is 1. The van der Waals surface area contributed by atoms with Crippen molar-refractivity contribution in [3.63, 3.8) is 0 Å². The maximum absolute atomic E-state index is 13.1. The molecule has 0 unspecified atom stereocenters. The Balaban J connectivity index is 1.86. The third-order valence-electron chi connectivity index (χ3n) is 3.48. The maximum atomic E-state index is 13.1. The molecular formula is C17H16FNO. The molecule has 0 N–H and O–H groups in total. The van der Waals surface area contributed by atoms with E-state index < -0.39 is 0 Å². The number of aromatic nitrogens is 1. The van der Waals surface area contributed by atoms with E-state index >= 15 is 0 Å². The fourth-order valence-corrected chi connectivity index (χ4v) is 2.35. The van der Waals surface area contributed by atoms with E-state index in [9.17, 15) is 4.39 Å². The molecule has 0 aliphatic rings. The summed E-state index contributed by atoms with van der Waals surface area (Å²) in [7, 11) is 2.02. The third-order valence-corrected chi connectivity index (χ3v) is 3.48. The smallest absolute Gasteiger partial charge is 0.128 e. The standard InChI is InChI=1S/C17H16FNO/c1-12-6-7-13-9-15(19(2)17(13)8-12)11-20-16-5-3-4-14(18)10-16/h3-10H,11H2,1-2H3. The van der Waals surface area contributed by atoms with Gasteiger partial charge in [-0.05, 0) is 42.1 Å². The van der Waals surface area contributed by atoms with E-state index in [0.29, 0.717) is 12.4 Å². The van der Waals surface area contributed by atoms with Gasteiger partial charge in [-0.25, -0.2) is 4.39 Å². The summed E-state index contributed by atoms with van der Waals surface area (Å²) >= 11 is 0. The van der Waals surface area contributed by atoms with Crippen molar-refractivity contribution in [1.29, 1.82) is 0 Å². The number of halogens is 1. The van der Waals surface area contributed by atoms with Crippen molar-refractivity contribution in [2.75, 3.05) is 0 Å². The van der Waals surface area contributed by atoms with Crippen LogP contribution in [0.4, 0.5) is 4.39 Å². The molecule has 3 heteroatoms. The van der Waals surface area contributed by atoms with Crippen molar-refractivity contribution in [3.8, 4) is 5.75 Å². The summed E-state index contributed by atoms with van der Waals surface area (Å²) in [4.78, 5) is 0. The molecule has 0 atom stereocenters. The molecule has 0 aliphatic heterocycles. The zero-order chi connectivity index (χ0) is 14.1. The number of benzene rings is 2. The Labute approximate surface area is 117 Å². The Bertz CT molecular complexity index is 761. The van der Waals surface area contributed by atoms with Gasteiger partial charge in [0.05, 0.1) is 5.69 Å². The Kier molecular flexibility index (Phi) is 3.18. The van der Waals surface area contributed by atoms with Crippen LogP contribution in [0.2, 0.25) is 0 Å². The summed E-state index contributed by atoms with van der Waals surface area (Å²) in [5.41, 5.74) is 3.48. The lowest BCUT2D eigenvalue weighted by Crippen LogP contribution is -2.01. The topological polar surface area (TPSA) is 14.2 Å². The highest BCUT2D eigenvalue weighted by atomic mass is 19.1. The number of hydrogen-bond donors (Lipinski definition) is 0. The summed E-state index contributed by atoms with van der Waals surface area (Å²) in [6.45, 7) is 2.50. The van der Waals surface area contributed by atoms with Crippen LogP contribution in [0.1, 0.15) is 11.3 Å². The quantitative estimate of drug-likeness (QED) is 0.695. The van der Waals surface area contributed by atoms with Crippen LogP contribution in [-0.2, 0) is 13.7 Å². The minimum Gasteiger partial charge on any atom is -0.487 e. The summed E-state index contributed by atoms with van der Waals surface area (Å²) in [5.74, 6) is 0.265. The molecule has 0 fully saturated rings. The normalized spacial score (nSPS) is 10.9. The van der Waals surface area contributed by atoms with Gasteiger partial charge in [-0.1, -0.05) is 18.2 Å². The zero-order valence-electron chi connectivity index (χ0n) is 11.6. The van der Waals surface area contributed by atoms with Gasteiger partial charge in [0.25, 0.3) is 0 Å². The molecule has 0 radical (unpaired) electrons. The third kappa shape index (κ3) is 2.39. The number of nitrogens with zero attached hydrogens (tertiary/aromatic N) is 1. The van der Waals surface area contributed by atoms with E-state index in [4.69, 9.17) is 4.74 Å². The fraction of sp³-hybridized carbons (Fsp3) is 0.176. The molecule has 2 nitrogen and oxygen atoms in total. The van der Waals surface area contributed by atoms with E-state index in [0.717, 1.165) is 5.69 Å². The van der Waals surface area contributed by atoms with Crippen LogP contribution in [0, 0.1) is 12.7 Å². The summed E-state index contributed by atoms with van der Waals surface area (Å²) in [6, 6.07) is 14.7. The van der Waals surface area contributed by atoms with E-state index in [1.54, 1.807) is 12.1 Å². The number of fused-ring (bicyclic) bond motifs is 1. The Morgan fingerprint density at radius 2 is 1.95 bits per heavy atom. The second kappa shape index (κ2) is 5.00. The predicted molar refractivity (Wildman–Crippen MR) is 78.4 cm³/mol. The van der Waals surface area contributed by atoms with Crippen molar-refractivity contribution in [3.05, 3.63) is 65.6 Å². The highest BCUT2D eigenvalue weighted by molar-refractivity contribution is 5.81. The van der Waals surface area contributed by atoms with Gasteiger partial charge in [0.2, 0.25) is 0 Å². The highest BCUT2D eigenvalue weighted by Crippen LogP contribution is 2.21. The maximum Gasteiger partial charge on any atom is 0.128 e. The number of hydrogen-bond acceptors (Lipinski definition) is 1. The molecule has 0 amide bonds. The Morgan fingerprint density at radius 1 is 1.10 bits per heavy atom. The molecule has 0 spiro atoms. The van der Waals surface area contributed by atoms with E-state index in [2.05, 4.69) is 35.8 Å². The molecule has 3 rings (SSSR count). The highest BCUT2D eigenvalue weighted by Gasteiger charge is 2.06. The van der Waals surface area contributed by atoms with E-state index in [1.165, 1.54) is 28.6 Å². The molecule has 0 saturated heterocycles. The molecule has 0 aliphatic carbocycles. The van der Waals surface area contributed by atoms with Crippen LogP contribution in [0.15, 0.2) is 48.5 Å². The van der Waals surface area contributed by atoms with Crippen LogP contribution in [0.25, 0.3) is 10.9 Å². The molecule has 20 heavy (non-hydrogen) atoms. The van der Waals surface area contributed by atoms with Crippen LogP contribution in [0.3, 0.4) is 0 Å². The first-order valence-electron chi connectivity index (χ1n) is 6.57. The minimum absolute atomic E-state index is 0.282. The fourth-order valence-electron chi connectivity index (χ4n) is 2.35. The lowest BCUT2D eigenvalue weighted by molar-refractivity contribution is 0.296. The first kappa shape index (κ1) is 12.7. The average molecular weight is 269 g/mol. The van der Waals surface area contributed by atoms with Crippen LogP contribution < -0.4 is 4.74 Å². The van der Waals surface area contributed by atoms with E-state index in [-0.39, 0.29) is 5.82 Å². The zero-order valence-corrected chi connectivity index (χ0v) is 11.6. The minimum atomic E-state index is -0.282. The molecule has 0 saturated carbocycles. The molecule has 2 aromatic carbocycles. The van der Waals surface area contributed by atoms with Crippen LogP contribution >= 0.6 is 0 Å². The lowest BCUT2D eigenvalue weighted by Gasteiger charge is -2.07. The largest absolute Gasteiger partial charge is 0.487 e. The second-order valence-electron chi connectivity index (χ2n) is 5.00. The van der Waals surface area contributed by atoms with Gasteiger partial charge in [0.1, 0.15) is 18.2 Å². The number of aryl methyl sites for hydroxylation is 2. The van der Waals surface area contributed by atoms with Gasteiger partial charge in [-0.3, -0.25) is 0 Å². The molecule has 1 aromatic heterocycles. The van der Waals surface area contributed by atoms with Crippen LogP contribution in [0.5, 0.6) is 5.75 Å². The molecule has 0 bridgehead atoms. The van der Waals surface area contributed by atoms with Gasteiger partial charge in [0, 0.05) is 18.6 Å². The Morgan fingerprint density at radius 3 is 2.75 bits per heavy atom. The van der Waals surface area contributed by atoms with Gasteiger partial charge < -0.3 is 9.30 Å². The van der Waals surface area contributed by atoms with Crippen molar-refractivity contribution < 1.29 is 9.13 Å². The van der Waals surface area contributed by atoms with Crippen molar-refractivity contribution in [2.24, 2.45) is 7.05 Å². The molecule has 3 aromatic rings. The van der Waals surface area contributed by atoms with Crippen molar-refractivity contribution in [1.82, 2.24) is 4.57 Å². The number of rotatable bonds is 3. The van der Waals surface area contributed by atoms with Gasteiger partial charge in [0.15, 0.2) is 0 Å². The second-order valence-corrected chi connectivity index (χ2v) is 5.00. The monoisotopic (exact) mass is 269 g/mol. The molecular weight excluding hydrogens is 253 g/mol. The van der Waals surface area contributed by atoms with Crippen molar-refractivity contribution in [2.45, 2.75) is 13.5 Å². The first-order chi connectivity index (χ1) is 9.63. The molecule has 1 heterocycles. The van der Waals surface area contributed by atoms with E-state index in [1.807, 2.05) is 7.05 Å². The Hall–Kier alpha value is -2.29. The first-order valence-corrected chi connectivity index (χ1v) is 6.57. The lowest BCUT2D eigenvalue weighted by atomic mass is 10.2. The summed E-state index contributed by atoms with van der Waals surface area (Å²) in [5, 5.41) is 1.19. The van der Waals surface area contributed by atoms with Gasteiger partial charge in [-0.2, -0.15) is 0 Å². The molecule has 102 valence electrons. The summed E-state index contributed by atoms with van der Waals surface area (Å²) < 4.78 is 20.9. The SMILES string of the molecule is Cc1ccc2cc(COc3cccc(F)c3)n(C)c2c1. The summed E-state index contributed by atoms with van der Waals surface area (Å²) in [6.07, 6.45) is 0. The van der Waals surface area contributed by atoms with Crippen LogP contribution in [-0.4, -0.2) is 4.57 Å². The van der Waals surface area contributed by atoms with Gasteiger partial charge in [-0.15, -0.1) is 0 Å². The van der Waals surface area contributed by atoms with Crippen molar-refractivity contribution >= 4 is 10.9 Å². The average Bonchev–Trinajstić information content (AvgIpc) is 2.73.